The molecule has 0 saturated heterocycles. The van der Waals surface area contributed by atoms with E-state index in [0.29, 0.717) is 5.69 Å². The van der Waals surface area contributed by atoms with Gasteiger partial charge in [0.05, 0.1) is 19.2 Å². The number of rotatable bonds is 6. The summed E-state index contributed by atoms with van der Waals surface area (Å²) < 4.78 is 33.0. The van der Waals surface area contributed by atoms with E-state index in [1.54, 1.807) is 19.1 Å². The third-order valence-electron chi connectivity index (χ3n) is 2.71. The third-order valence-corrected chi connectivity index (χ3v) is 4.68. The van der Waals surface area contributed by atoms with Crippen LogP contribution in [0.4, 0.5) is 5.69 Å². The van der Waals surface area contributed by atoms with E-state index in [-0.39, 0.29) is 13.0 Å². The molecule has 112 valence electrons. The van der Waals surface area contributed by atoms with Crippen molar-refractivity contribution < 1.29 is 17.9 Å². The van der Waals surface area contributed by atoms with Crippen LogP contribution in [0, 0.1) is 6.92 Å². The van der Waals surface area contributed by atoms with E-state index in [1.165, 1.54) is 14.2 Å². The predicted molar refractivity (Wildman–Crippen MR) is 80.7 cm³/mol. The fourth-order valence-corrected chi connectivity index (χ4v) is 2.74. The molecular weight excluding hydrogens is 348 g/mol. The van der Waals surface area contributed by atoms with Crippen molar-refractivity contribution in [2.45, 2.75) is 13.3 Å². The van der Waals surface area contributed by atoms with E-state index in [9.17, 15) is 13.2 Å². The average molecular weight is 365 g/mol. The number of carbonyl (C=O) groups excluding carboxylic acids is 1. The normalized spacial score (nSPS) is 11.4. The van der Waals surface area contributed by atoms with Crippen LogP contribution in [0.2, 0.25) is 0 Å². The molecule has 0 radical (unpaired) electrons. The quantitative estimate of drug-likeness (QED) is 0.782. The number of ether oxygens (including phenoxy) is 1. The minimum Gasteiger partial charge on any atom is -0.469 e. The highest BCUT2D eigenvalue weighted by Gasteiger charge is 2.19. The molecule has 0 saturated carbocycles. The number of hydrogen-bond donors (Lipinski definition) is 1. The van der Waals surface area contributed by atoms with Gasteiger partial charge in [0.15, 0.2) is 0 Å². The van der Waals surface area contributed by atoms with Gasteiger partial charge in [0.1, 0.15) is 0 Å². The van der Waals surface area contributed by atoms with Gasteiger partial charge in [0.2, 0.25) is 0 Å². The van der Waals surface area contributed by atoms with Gasteiger partial charge < -0.3 is 4.74 Å². The summed E-state index contributed by atoms with van der Waals surface area (Å²) in [6.45, 7) is 1.85. The number of halogens is 1. The highest BCUT2D eigenvalue weighted by atomic mass is 79.9. The van der Waals surface area contributed by atoms with E-state index in [0.717, 1.165) is 14.3 Å². The maximum Gasteiger partial charge on any atom is 0.306 e. The lowest BCUT2D eigenvalue weighted by molar-refractivity contribution is -0.140. The first kappa shape index (κ1) is 16.9. The Morgan fingerprint density at radius 3 is 2.70 bits per heavy atom. The third kappa shape index (κ3) is 4.77. The number of nitrogens with one attached hydrogen (secondary N) is 1. The Balaban J connectivity index is 2.78. The topological polar surface area (TPSA) is 75.7 Å². The van der Waals surface area contributed by atoms with Gasteiger partial charge in [-0.1, -0.05) is 22.0 Å². The fraction of sp³-hybridized carbons (Fsp3) is 0.417. The van der Waals surface area contributed by atoms with Crippen molar-refractivity contribution in [3.8, 4) is 0 Å². The lowest BCUT2D eigenvalue weighted by Crippen LogP contribution is -2.34. The molecule has 6 nitrogen and oxygen atoms in total. The molecule has 0 heterocycles. The van der Waals surface area contributed by atoms with Gasteiger partial charge in [0.25, 0.3) is 0 Å². The number of esters is 1. The van der Waals surface area contributed by atoms with E-state index >= 15 is 0 Å². The summed E-state index contributed by atoms with van der Waals surface area (Å²) in [5.41, 5.74) is 1.29. The van der Waals surface area contributed by atoms with Crippen LogP contribution in [0.15, 0.2) is 22.7 Å². The molecule has 20 heavy (non-hydrogen) atoms. The number of anilines is 1. The summed E-state index contributed by atoms with van der Waals surface area (Å²) >= 11 is 3.29. The molecule has 0 fully saturated rings. The maximum atomic E-state index is 12.1. The Morgan fingerprint density at radius 1 is 1.45 bits per heavy atom. The van der Waals surface area contributed by atoms with Gasteiger partial charge in [-0.3, -0.25) is 9.52 Å². The molecule has 0 aliphatic carbocycles. The predicted octanol–water partition coefficient (Wildman–Crippen LogP) is 1.91. The number of nitrogens with zero attached hydrogens (tertiary/aromatic N) is 1. The van der Waals surface area contributed by atoms with E-state index in [4.69, 9.17) is 0 Å². The standard InChI is InChI=1S/C12H17BrN2O4S/c1-9-4-5-10(13)8-11(9)14-20(17,18)15(2)7-6-12(16)19-3/h4-5,8,14H,6-7H2,1-3H3. The van der Waals surface area contributed by atoms with Gasteiger partial charge in [-0.25, -0.2) is 0 Å². The molecule has 0 aliphatic heterocycles. The van der Waals surface area contributed by atoms with Crippen molar-refractivity contribution in [3.05, 3.63) is 28.2 Å². The highest BCUT2D eigenvalue weighted by molar-refractivity contribution is 9.10. The summed E-state index contributed by atoms with van der Waals surface area (Å²) in [5, 5.41) is 0. The Labute approximate surface area is 127 Å². The summed E-state index contributed by atoms with van der Waals surface area (Å²) in [7, 11) is -1.04. The van der Waals surface area contributed by atoms with E-state index < -0.39 is 16.2 Å². The van der Waals surface area contributed by atoms with Gasteiger partial charge in [0, 0.05) is 18.1 Å². The summed E-state index contributed by atoms with van der Waals surface area (Å²) in [4.78, 5) is 11.0. The van der Waals surface area contributed by atoms with Gasteiger partial charge >= 0.3 is 16.2 Å². The van der Waals surface area contributed by atoms with Crippen LogP contribution in [0.5, 0.6) is 0 Å². The fourth-order valence-electron chi connectivity index (χ4n) is 1.39. The number of carbonyl (C=O) groups is 1. The first-order chi connectivity index (χ1) is 9.26. The van der Waals surface area contributed by atoms with Crippen molar-refractivity contribution in [3.63, 3.8) is 0 Å². The second kappa shape index (κ2) is 7.05. The number of hydrogen-bond acceptors (Lipinski definition) is 4. The van der Waals surface area contributed by atoms with Crippen LogP contribution in [-0.4, -0.2) is 39.4 Å². The molecule has 0 bridgehead atoms. The second-order valence-electron chi connectivity index (χ2n) is 4.21. The SMILES string of the molecule is COC(=O)CCN(C)S(=O)(=O)Nc1cc(Br)ccc1C. The molecule has 1 aromatic rings. The first-order valence-electron chi connectivity index (χ1n) is 5.83. The zero-order valence-electron chi connectivity index (χ0n) is 11.5. The molecule has 0 aromatic heterocycles. The number of aryl methyl sites for hydroxylation is 1. The summed E-state index contributed by atoms with van der Waals surface area (Å²) in [6, 6.07) is 5.31. The van der Waals surface area contributed by atoms with Crippen molar-refractivity contribution in [2.75, 3.05) is 25.4 Å². The Bertz CT molecular complexity index is 589. The second-order valence-corrected chi connectivity index (χ2v) is 6.91. The minimum atomic E-state index is -3.70. The van der Waals surface area contributed by atoms with E-state index in [2.05, 4.69) is 25.4 Å². The molecule has 1 aromatic carbocycles. The number of benzene rings is 1. The van der Waals surface area contributed by atoms with Crippen LogP contribution in [0.3, 0.4) is 0 Å². The Morgan fingerprint density at radius 2 is 2.10 bits per heavy atom. The molecule has 0 amide bonds. The molecule has 0 unspecified atom stereocenters. The van der Waals surface area contributed by atoms with E-state index in [1.807, 2.05) is 6.07 Å². The van der Waals surface area contributed by atoms with Crippen LogP contribution in [0.25, 0.3) is 0 Å². The van der Waals surface area contributed by atoms with Crippen molar-refractivity contribution >= 4 is 37.8 Å². The smallest absolute Gasteiger partial charge is 0.306 e. The largest absolute Gasteiger partial charge is 0.469 e. The monoisotopic (exact) mass is 364 g/mol. The Kier molecular flexibility index (Phi) is 5.97. The lowest BCUT2D eigenvalue weighted by atomic mass is 10.2. The minimum absolute atomic E-state index is 0.00533. The molecule has 1 rings (SSSR count). The Hall–Kier alpha value is -1.12. The average Bonchev–Trinajstić information content (AvgIpc) is 2.39. The summed E-state index contributed by atoms with van der Waals surface area (Å²) in [6.07, 6.45) is 0.00533. The maximum absolute atomic E-state index is 12.1. The lowest BCUT2D eigenvalue weighted by Gasteiger charge is -2.18. The van der Waals surface area contributed by atoms with Crippen molar-refractivity contribution in [1.29, 1.82) is 0 Å². The van der Waals surface area contributed by atoms with Crippen LogP contribution >= 0.6 is 15.9 Å². The molecular formula is C12H17BrN2O4S. The van der Waals surface area contributed by atoms with Crippen LogP contribution in [0.1, 0.15) is 12.0 Å². The zero-order chi connectivity index (χ0) is 15.3. The van der Waals surface area contributed by atoms with Gasteiger partial charge in [-0.2, -0.15) is 12.7 Å². The number of methoxy groups -OCH3 is 1. The molecule has 8 heteroatoms. The molecule has 1 N–H and O–H groups in total. The van der Waals surface area contributed by atoms with Crippen LogP contribution in [-0.2, 0) is 19.7 Å². The molecule has 0 aliphatic rings. The van der Waals surface area contributed by atoms with Crippen LogP contribution < -0.4 is 4.72 Å². The van der Waals surface area contributed by atoms with Gasteiger partial charge in [-0.15, -0.1) is 0 Å². The van der Waals surface area contributed by atoms with Crippen molar-refractivity contribution in [1.82, 2.24) is 4.31 Å². The zero-order valence-corrected chi connectivity index (χ0v) is 13.9. The highest BCUT2D eigenvalue weighted by Crippen LogP contribution is 2.22. The van der Waals surface area contributed by atoms with Gasteiger partial charge in [-0.05, 0) is 24.6 Å². The molecule has 0 atom stereocenters. The van der Waals surface area contributed by atoms with Crippen molar-refractivity contribution in [2.24, 2.45) is 0 Å². The summed E-state index contributed by atoms with van der Waals surface area (Å²) in [5.74, 6) is -0.453. The first-order valence-corrected chi connectivity index (χ1v) is 8.06. The molecule has 0 spiro atoms.